The Hall–Kier alpha value is -0.0800. The maximum atomic E-state index is 3.58. The molecule has 0 spiro atoms. The monoisotopic (exact) mass is 268 g/mol. The molecule has 1 aliphatic carbocycles. The summed E-state index contributed by atoms with van der Waals surface area (Å²) >= 11 is 0. The van der Waals surface area contributed by atoms with Crippen LogP contribution in [0.25, 0.3) is 0 Å². The molecule has 0 aromatic heterocycles. The van der Waals surface area contributed by atoms with E-state index in [0.29, 0.717) is 5.41 Å². The van der Waals surface area contributed by atoms with Gasteiger partial charge in [-0.15, -0.1) is 0 Å². The Morgan fingerprint density at radius 3 is 2.11 bits per heavy atom. The maximum absolute atomic E-state index is 3.58. The van der Waals surface area contributed by atoms with E-state index < -0.39 is 0 Å². The second-order valence-electron chi connectivity index (χ2n) is 6.82. The zero-order valence-corrected chi connectivity index (χ0v) is 14.0. The Bertz CT molecular complexity index is 227. The van der Waals surface area contributed by atoms with Crippen molar-refractivity contribution in [2.45, 2.75) is 72.3 Å². The highest BCUT2D eigenvalue weighted by molar-refractivity contribution is 4.85. The van der Waals surface area contributed by atoms with Crippen LogP contribution in [0, 0.1) is 11.3 Å². The van der Waals surface area contributed by atoms with E-state index >= 15 is 0 Å². The third-order valence-corrected chi connectivity index (χ3v) is 5.44. The summed E-state index contributed by atoms with van der Waals surface area (Å²) in [5.41, 5.74) is 0.466. The smallest absolute Gasteiger partial charge is 0.00926 e. The quantitative estimate of drug-likeness (QED) is 0.718. The van der Waals surface area contributed by atoms with Crippen LogP contribution in [-0.2, 0) is 0 Å². The lowest BCUT2D eigenvalue weighted by Crippen LogP contribution is -2.46. The van der Waals surface area contributed by atoms with Crippen molar-refractivity contribution in [3.05, 3.63) is 0 Å². The summed E-state index contributed by atoms with van der Waals surface area (Å²) in [4.78, 5) is 2.66. The molecule has 0 radical (unpaired) electrons. The Balaban J connectivity index is 2.52. The highest BCUT2D eigenvalue weighted by Crippen LogP contribution is 2.31. The third kappa shape index (κ3) is 5.07. The average Bonchev–Trinajstić information content (AvgIpc) is 2.44. The van der Waals surface area contributed by atoms with Gasteiger partial charge in [0, 0.05) is 19.1 Å². The van der Waals surface area contributed by atoms with Gasteiger partial charge in [0.05, 0.1) is 0 Å². The molecule has 1 fully saturated rings. The molecule has 0 atom stereocenters. The van der Waals surface area contributed by atoms with Crippen LogP contribution in [0.1, 0.15) is 66.2 Å². The summed E-state index contributed by atoms with van der Waals surface area (Å²) in [6.45, 7) is 12.9. The zero-order valence-electron chi connectivity index (χ0n) is 14.0. The predicted octanol–water partition coefficient (Wildman–Crippen LogP) is 3.91. The molecule has 1 saturated carbocycles. The minimum atomic E-state index is 0.466. The third-order valence-electron chi connectivity index (χ3n) is 5.44. The Morgan fingerprint density at radius 2 is 1.63 bits per heavy atom. The van der Waals surface area contributed by atoms with Crippen molar-refractivity contribution in [3.63, 3.8) is 0 Å². The van der Waals surface area contributed by atoms with Gasteiger partial charge >= 0.3 is 0 Å². The molecule has 1 N–H and O–H groups in total. The van der Waals surface area contributed by atoms with Gasteiger partial charge in [0.25, 0.3) is 0 Å². The normalized spacial score (nSPS) is 24.9. The van der Waals surface area contributed by atoms with Crippen molar-refractivity contribution >= 4 is 0 Å². The molecule has 0 bridgehead atoms. The number of hydrogen-bond acceptors (Lipinski definition) is 2. The van der Waals surface area contributed by atoms with Crippen LogP contribution >= 0.6 is 0 Å². The van der Waals surface area contributed by atoms with Gasteiger partial charge < -0.3 is 10.2 Å². The van der Waals surface area contributed by atoms with Crippen LogP contribution in [-0.4, -0.2) is 37.6 Å². The minimum absolute atomic E-state index is 0.466. The fourth-order valence-corrected chi connectivity index (χ4v) is 3.51. The Labute approximate surface area is 121 Å². The molecule has 19 heavy (non-hydrogen) atoms. The highest BCUT2D eigenvalue weighted by Gasteiger charge is 2.30. The fraction of sp³-hybridized carbons (Fsp3) is 1.00. The van der Waals surface area contributed by atoms with Gasteiger partial charge in [-0.05, 0) is 63.5 Å². The number of hydrogen-bond donors (Lipinski definition) is 1. The van der Waals surface area contributed by atoms with Crippen molar-refractivity contribution < 1.29 is 0 Å². The van der Waals surface area contributed by atoms with E-state index in [4.69, 9.17) is 0 Å². The summed E-state index contributed by atoms with van der Waals surface area (Å²) in [5, 5.41) is 3.58. The van der Waals surface area contributed by atoms with Gasteiger partial charge in [-0.1, -0.05) is 27.7 Å². The van der Waals surface area contributed by atoms with Crippen molar-refractivity contribution in [1.29, 1.82) is 0 Å². The SMILES string of the molecule is CCNCC(CC)(CC)CN(C)C1CCC(C)CC1. The first-order valence-electron chi connectivity index (χ1n) is 8.47. The van der Waals surface area contributed by atoms with Crippen molar-refractivity contribution in [2.75, 3.05) is 26.7 Å². The number of nitrogens with one attached hydrogen (secondary N) is 1. The Morgan fingerprint density at radius 1 is 1.05 bits per heavy atom. The minimum Gasteiger partial charge on any atom is -0.316 e. The Kier molecular flexibility index (Phi) is 7.38. The first-order valence-corrected chi connectivity index (χ1v) is 8.47. The lowest BCUT2D eigenvalue weighted by atomic mass is 9.80. The highest BCUT2D eigenvalue weighted by atomic mass is 15.1. The molecule has 0 unspecified atom stereocenters. The lowest BCUT2D eigenvalue weighted by molar-refractivity contribution is 0.0956. The molecule has 0 aliphatic heterocycles. The van der Waals surface area contributed by atoms with E-state index in [0.717, 1.165) is 18.5 Å². The molecule has 2 nitrogen and oxygen atoms in total. The summed E-state index contributed by atoms with van der Waals surface area (Å²) in [6, 6.07) is 0.829. The molecule has 1 rings (SSSR count). The summed E-state index contributed by atoms with van der Waals surface area (Å²) in [7, 11) is 2.35. The summed E-state index contributed by atoms with van der Waals surface area (Å²) < 4.78 is 0. The van der Waals surface area contributed by atoms with Gasteiger partial charge in [-0.3, -0.25) is 0 Å². The van der Waals surface area contributed by atoms with Crippen molar-refractivity contribution in [1.82, 2.24) is 10.2 Å². The first-order chi connectivity index (χ1) is 9.06. The van der Waals surface area contributed by atoms with Crippen LogP contribution in [0.15, 0.2) is 0 Å². The van der Waals surface area contributed by atoms with Crippen LogP contribution in [0.4, 0.5) is 0 Å². The molecule has 0 saturated heterocycles. The molecule has 0 aromatic rings. The number of nitrogens with zero attached hydrogens (tertiary/aromatic N) is 1. The fourth-order valence-electron chi connectivity index (χ4n) is 3.51. The summed E-state index contributed by atoms with van der Waals surface area (Å²) in [5.74, 6) is 0.952. The molecule has 0 amide bonds. The van der Waals surface area contributed by atoms with Gasteiger partial charge in [0.15, 0.2) is 0 Å². The van der Waals surface area contributed by atoms with Crippen molar-refractivity contribution in [3.8, 4) is 0 Å². The molecule has 0 aromatic carbocycles. The molecule has 2 heteroatoms. The largest absolute Gasteiger partial charge is 0.316 e. The molecule has 114 valence electrons. The van der Waals surface area contributed by atoms with Gasteiger partial charge in [0.1, 0.15) is 0 Å². The second-order valence-corrected chi connectivity index (χ2v) is 6.82. The first kappa shape index (κ1) is 17.0. The molecular weight excluding hydrogens is 232 g/mol. The van der Waals surface area contributed by atoms with E-state index in [1.54, 1.807) is 0 Å². The summed E-state index contributed by atoms with van der Waals surface area (Å²) in [6.07, 6.45) is 8.22. The van der Waals surface area contributed by atoms with E-state index in [1.165, 1.54) is 51.6 Å². The van der Waals surface area contributed by atoms with E-state index in [2.05, 4.69) is 45.0 Å². The van der Waals surface area contributed by atoms with E-state index in [1.807, 2.05) is 0 Å². The molecule has 0 heterocycles. The topological polar surface area (TPSA) is 15.3 Å². The van der Waals surface area contributed by atoms with E-state index in [-0.39, 0.29) is 0 Å². The second kappa shape index (κ2) is 8.26. The lowest BCUT2D eigenvalue weighted by Gasteiger charge is -2.41. The average molecular weight is 268 g/mol. The maximum Gasteiger partial charge on any atom is 0.00926 e. The van der Waals surface area contributed by atoms with E-state index in [9.17, 15) is 0 Å². The molecular formula is C17H36N2. The number of rotatable bonds is 8. The van der Waals surface area contributed by atoms with Crippen LogP contribution in [0.3, 0.4) is 0 Å². The predicted molar refractivity (Wildman–Crippen MR) is 85.6 cm³/mol. The van der Waals surface area contributed by atoms with Gasteiger partial charge in [0.2, 0.25) is 0 Å². The standard InChI is InChI=1S/C17H36N2/c1-6-17(7-2,13-18-8-3)14-19(5)16-11-9-15(4)10-12-16/h15-16,18H,6-14H2,1-5H3. The zero-order chi connectivity index (χ0) is 14.3. The molecule has 1 aliphatic rings. The van der Waals surface area contributed by atoms with Crippen LogP contribution < -0.4 is 5.32 Å². The van der Waals surface area contributed by atoms with Crippen LogP contribution in [0.2, 0.25) is 0 Å². The van der Waals surface area contributed by atoms with Gasteiger partial charge in [-0.2, -0.15) is 0 Å². The van der Waals surface area contributed by atoms with Gasteiger partial charge in [-0.25, -0.2) is 0 Å². The van der Waals surface area contributed by atoms with Crippen molar-refractivity contribution in [2.24, 2.45) is 11.3 Å². The van der Waals surface area contributed by atoms with Crippen LogP contribution in [0.5, 0.6) is 0 Å².